The fraction of sp³-hybridized carbons (Fsp3) is 1.00. The van der Waals surface area contributed by atoms with Crippen LogP contribution in [0.4, 0.5) is 0 Å². The molecule has 0 amide bonds. The quantitative estimate of drug-likeness (QED) is 0.629. The maximum Gasteiger partial charge on any atom is 0.150 e. The van der Waals surface area contributed by atoms with Gasteiger partial charge in [0.1, 0.15) is 0 Å². The van der Waals surface area contributed by atoms with Gasteiger partial charge in [-0.25, -0.2) is 8.42 Å². The fourth-order valence-corrected chi connectivity index (χ4v) is 3.83. The second kappa shape index (κ2) is 3.47. The van der Waals surface area contributed by atoms with E-state index in [9.17, 15) is 13.5 Å². The van der Waals surface area contributed by atoms with Crippen molar-refractivity contribution in [3.8, 4) is 0 Å². The lowest BCUT2D eigenvalue weighted by Gasteiger charge is -2.41. The molecule has 2 aliphatic heterocycles. The fourth-order valence-electron chi connectivity index (χ4n) is 2.26. The van der Waals surface area contributed by atoms with Crippen LogP contribution in [0.3, 0.4) is 0 Å². The Labute approximate surface area is 84.2 Å². The summed E-state index contributed by atoms with van der Waals surface area (Å²) in [4.78, 5) is 0. The number of hydrogen-bond donors (Lipinski definition) is 1. The number of rotatable bonds is 0. The van der Waals surface area contributed by atoms with E-state index in [1.54, 1.807) is 0 Å². The molecule has 1 spiro atoms. The minimum absolute atomic E-state index is 0.208. The van der Waals surface area contributed by atoms with E-state index in [-0.39, 0.29) is 23.2 Å². The van der Waals surface area contributed by atoms with Crippen LogP contribution in [0.1, 0.15) is 25.7 Å². The summed E-state index contributed by atoms with van der Waals surface area (Å²) in [5.41, 5.74) is -0.344. The van der Waals surface area contributed by atoms with Gasteiger partial charge in [-0.05, 0) is 19.3 Å². The van der Waals surface area contributed by atoms with Gasteiger partial charge in [-0.2, -0.15) is 0 Å². The average molecular weight is 220 g/mol. The van der Waals surface area contributed by atoms with Crippen molar-refractivity contribution in [2.45, 2.75) is 37.4 Å². The maximum absolute atomic E-state index is 11.2. The molecule has 14 heavy (non-hydrogen) atoms. The molecular weight excluding hydrogens is 204 g/mol. The molecule has 1 unspecified atom stereocenters. The molecule has 82 valence electrons. The van der Waals surface area contributed by atoms with Crippen molar-refractivity contribution >= 4 is 9.84 Å². The SMILES string of the molecule is O=S1(=O)CCC2(CC1)CC(O)CCO2. The first-order valence-electron chi connectivity index (χ1n) is 5.04. The summed E-state index contributed by atoms with van der Waals surface area (Å²) >= 11 is 0. The zero-order chi connectivity index (χ0) is 10.2. The normalized spacial score (nSPS) is 35.6. The van der Waals surface area contributed by atoms with Crippen LogP contribution in [-0.2, 0) is 14.6 Å². The van der Waals surface area contributed by atoms with E-state index in [1.165, 1.54) is 0 Å². The van der Waals surface area contributed by atoms with E-state index in [2.05, 4.69) is 0 Å². The topological polar surface area (TPSA) is 63.6 Å². The van der Waals surface area contributed by atoms with Crippen molar-refractivity contribution in [1.29, 1.82) is 0 Å². The average Bonchev–Trinajstić information content (AvgIpc) is 2.12. The maximum atomic E-state index is 11.2. The lowest BCUT2D eigenvalue weighted by atomic mass is 9.87. The largest absolute Gasteiger partial charge is 0.393 e. The number of aliphatic hydroxyl groups excluding tert-OH is 1. The molecule has 0 bridgehead atoms. The van der Waals surface area contributed by atoms with E-state index >= 15 is 0 Å². The highest BCUT2D eigenvalue weighted by Crippen LogP contribution is 2.35. The summed E-state index contributed by atoms with van der Waals surface area (Å²) in [6.07, 6.45) is 2.06. The molecular formula is C9H16O4S. The summed E-state index contributed by atoms with van der Waals surface area (Å²) < 4.78 is 28.1. The lowest BCUT2D eigenvalue weighted by Crippen LogP contribution is -2.47. The summed E-state index contributed by atoms with van der Waals surface area (Å²) in [5.74, 6) is 0.416. The molecule has 0 aliphatic carbocycles. The van der Waals surface area contributed by atoms with Gasteiger partial charge in [-0.1, -0.05) is 0 Å². The molecule has 2 fully saturated rings. The Bertz CT molecular complexity index is 295. The summed E-state index contributed by atoms with van der Waals surface area (Å²) in [5, 5.41) is 9.53. The Morgan fingerprint density at radius 2 is 1.93 bits per heavy atom. The van der Waals surface area contributed by atoms with Gasteiger partial charge >= 0.3 is 0 Å². The van der Waals surface area contributed by atoms with Gasteiger partial charge in [0.05, 0.1) is 23.2 Å². The zero-order valence-electron chi connectivity index (χ0n) is 8.11. The monoisotopic (exact) mass is 220 g/mol. The smallest absolute Gasteiger partial charge is 0.150 e. The van der Waals surface area contributed by atoms with Crippen LogP contribution in [0.2, 0.25) is 0 Å². The van der Waals surface area contributed by atoms with E-state index in [0.29, 0.717) is 32.3 Å². The van der Waals surface area contributed by atoms with E-state index in [0.717, 1.165) is 0 Å². The molecule has 0 aromatic rings. The number of aliphatic hydroxyl groups is 1. The Morgan fingerprint density at radius 1 is 1.29 bits per heavy atom. The zero-order valence-corrected chi connectivity index (χ0v) is 8.92. The molecule has 0 saturated carbocycles. The highest BCUT2D eigenvalue weighted by atomic mass is 32.2. The minimum Gasteiger partial charge on any atom is -0.393 e. The molecule has 0 aromatic heterocycles. The molecule has 1 atom stereocenters. The third kappa shape index (κ3) is 2.10. The Kier molecular flexibility index (Phi) is 2.57. The van der Waals surface area contributed by atoms with E-state index in [1.807, 2.05) is 0 Å². The van der Waals surface area contributed by atoms with Crippen molar-refractivity contribution in [1.82, 2.24) is 0 Å². The van der Waals surface area contributed by atoms with Gasteiger partial charge in [0, 0.05) is 13.0 Å². The minimum atomic E-state index is -2.84. The van der Waals surface area contributed by atoms with Crippen molar-refractivity contribution in [3.05, 3.63) is 0 Å². The number of sulfone groups is 1. The Morgan fingerprint density at radius 3 is 2.50 bits per heavy atom. The van der Waals surface area contributed by atoms with Gasteiger partial charge in [0.2, 0.25) is 0 Å². The van der Waals surface area contributed by atoms with Gasteiger partial charge in [0.15, 0.2) is 9.84 Å². The van der Waals surface area contributed by atoms with Gasteiger partial charge < -0.3 is 9.84 Å². The first-order valence-corrected chi connectivity index (χ1v) is 6.86. The summed E-state index contributed by atoms with van der Waals surface area (Å²) in [7, 11) is -2.84. The highest BCUT2D eigenvalue weighted by Gasteiger charge is 2.41. The van der Waals surface area contributed by atoms with Gasteiger partial charge in [0.25, 0.3) is 0 Å². The van der Waals surface area contributed by atoms with Gasteiger partial charge in [-0.3, -0.25) is 0 Å². The standard InChI is InChI=1S/C9H16O4S/c10-8-1-4-13-9(7-8)2-5-14(11,12)6-3-9/h8,10H,1-7H2. The molecule has 2 rings (SSSR count). The van der Waals surface area contributed by atoms with Crippen LogP contribution < -0.4 is 0 Å². The molecule has 4 nitrogen and oxygen atoms in total. The first-order chi connectivity index (χ1) is 6.52. The molecule has 0 radical (unpaired) electrons. The lowest BCUT2D eigenvalue weighted by molar-refractivity contribution is -0.122. The van der Waals surface area contributed by atoms with Crippen LogP contribution in [-0.4, -0.2) is 43.3 Å². The third-order valence-electron chi connectivity index (χ3n) is 3.20. The van der Waals surface area contributed by atoms with Crippen molar-refractivity contribution in [2.75, 3.05) is 18.1 Å². The second-order valence-corrected chi connectivity index (χ2v) is 6.63. The van der Waals surface area contributed by atoms with Crippen LogP contribution in [0, 0.1) is 0 Å². The Balaban J connectivity index is 2.04. The number of ether oxygens (including phenoxy) is 1. The van der Waals surface area contributed by atoms with Crippen LogP contribution in [0.25, 0.3) is 0 Å². The predicted molar refractivity (Wildman–Crippen MR) is 51.8 cm³/mol. The molecule has 2 aliphatic rings. The van der Waals surface area contributed by atoms with Crippen LogP contribution in [0.15, 0.2) is 0 Å². The van der Waals surface area contributed by atoms with Crippen LogP contribution >= 0.6 is 0 Å². The molecule has 2 saturated heterocycles. The van der Waals surface area contributed by atoms with Crippen molar-refractivity contribution in [3.63, 3.8) is 0 Å². The second-order valence-electron chi connectivity index (χ2n) is 4.33. The number of hydrogen-bond acceptors (Lipinski definition) is 4. The highest BCUT2D eigenvalue weighted by molar-refractivity contribution is 7.91. The first kappa shape index (κ1) is 10.4. The van der Waals surface area contributed by atoms with Crippen LogP contribution in [0.5, 0.6) is 0 Å². The predicted octanol–water partition coefficient (Wildman–Crippen LogP) is 0.105. The summed E-state index contributed by atoms with van der Waals surface area (Å²) in [6.45, 7) is 0.557. The van der Waals surface area contributed by atoms with Gasteiger partial charge in [-0.15, -0.1) is 0 Å². The van der Waals surface area contributed by atoms with Crippen molar-refractivity contribution < 1.29 is 18.3 Å². The molecule has 2 heterocycles. The molecule has 1 N–H and O–H groups in total. The van der Waals surface area contributed by atoms with Crippen molar-refractivity contribution in [2.24, 2.45) is 0 Å². The summed E-state index contributed by atoms with van der Waals surface area (Å²) in [6, 6.07) is 0. The molecule has 0 aromatic carbocycles. The molecule has 5 heteroatoms. The Hall–Kier alpha value is -0.130. The van der Waals surface area contributed by atoms with E-state index < -0.39 is 9.84 Å². The van der Waals surface area contributed by atoms with E-state index in [4.69, 9.17) is 4.74 Å². The third-order valence-corrected chi connectivity index (χ3v) is 4.86.